The number of pyridine rings is 1. The molecule has 3 aromatic heterocycles. The number of aromatic nitrogens is 5. The third kappa shape index (κ3) is 3.44. The Hall–Kier alpha value is -3.56. The predicted octanol–water partition coefficient (Wildman–Crippen LogP) is -0.195. The monoisotopic (exact) mass is 410 g/mol. The van der Waals surface area contributed by atoms with E-state index in [0.29, 0.717) is 11.6 Å². The van der Waals surface area contributed by atoms with Gasteiger partial charge in [-0.15, -0.1) is 0 Å². The van der Waals surface area contributed by atoms with E-state index in [9.17, 15) is 19.2 Å². The van der Waals surface area contributed by atoms with Crippen molar-refractivity contribution in [2.75, 3.05) is 6.54 Å². The highest BCUT2D eigenvalue weighted by Crippen LogP contribution is 2.38. The van der Waals surface area contributed by atoms with Gasteiger partial charge in [0, 0.05) is 32.6 Å². The van der Waals surface area contributed by atoms with Gasteiger partial charge < -0.3 is 5.32 Å². The first-order valence-electron chi connectivity index (χ1n) is 9.71. The molecule has 4 rings (SSSR count). The summed E-state index contributed by atoms with van der Waals surface area (Å²) in [6, 6.07) is 4.71. The van der Waals surface area contributed by atoms with E-state index in [2.05, 4.69) is 15.4 Å². The van der Waals surface area contributed by atoms with E-state index in [0.717, 1.165) is 23.1 Å². The number of carbonyl (C=O) groups is 1. The van der Waals surface area contributed by atoms with Crippen molar-refractivity contribution in [1.29, 1.82) is 0 Å². The summed E-state index contributed by atoms with van der Waals surface area (Å²) >= 11 is 0. The number of fused-ring (bicyclic) bond motifs is 1. The Bertz CT molecular complexity index is 1350. The Balaban J connectivity index is 1.56. The zero-order valence-electron chi connectivity index (χ0n) is 17.0. The van der Waals surface area contributed by atoms with Gasteiger partial charge in [-0.2, -0.15) is 5.10 Å². The van der Waals surface area contributed by atoms with Crippen LogP contribution in [0.1, 0.15) is 40.5 Å². The van der Waals surface area contributed by atoms with Crippen molar-refractivity contribution >= 4 is 16.9 Å². The minimum absolute atomic E-state index is 0.186. The molecule has 1 amide bonds. The van der Waals surface area contributed by atoms with Crippen LogP contribution in [0.3, 0.4) is 0 Å². The number of aryl methyl sites for hydroxylation is 2. The molecule has 0 aliphatic heterocycles. The maximum atomic E-state index is 12.7. The fourth-order valence-electron chi connectivity index (χ4n) is 3.41. The van der Waals surface area contributed by atoms with E-state index < -0.39 is 17.2 Å². The van der Waals surface area contributed by atoms with E-state index >= 15 is 0 Å². The first kappa shape index (κ1) is 19.7. The fraction of sp³-hybridized carbons (Fsp3) is 0.400. The third-order valence-electron chi connectivity index (χ3n) is 5.36. The summed E-state index contributed by atoms with van der Waals surface area (Å²) in [6.45, 7) is 2.07. The van der Waals surface area contributed by atoms with Gasteiger partial charge in [-0.25, -0.2) is 14.5 Å². The summed E-state index contributed by atoms with van der Waals surface area (Å²) in [5.41, 5.74) is 0.549. The topological polar surface area (TPSA) is 121 Å². The first-order valence-corrected chi connectivity index (χ1v) is 9.71. The highest BCUT2D eigenvalue weighted by atomic mass is 16.2. The summed E-state index contributed by atoms with van der Waals surface area (Å²) in [5, 5.41) is 7.30. The van der Waals surface area contributed by atoms with Crippen LogP contribution in [-0.4, -0.2) is 36.4 Å². The van der Waals surface area contributed by atoms with Crippen LogP contribution in [0.4, 0.5) is 0 Å². The molecule has 0 aromatic carbocycles. The van der Waals surface area contributed by atoms with Crippen LogP contribution in [0.25, 0.3) is 11.0 Å². The van der Waals surface area contributed by atoms with E-state index in [1.165, 1.54) is 35.5 Å². The lowest BCUT2D eigenvalue weighted by Crippen LogP contribution is -2.38. The predicted molar refractivity (Wildman–Crippen MR) is 110 cm³/mol. The minimum atomic E-state index is -0.512. The molecule has 3 heterocycles. The second-order valence-electron chi connectivity index (χ2n) is 7.55. The first-order chi connectivity index (χ1) is 14.3. The molecular weight excluding hydrogens is 388 g/mol. The van der Waals surface area contributed by atoms with Gasteiger partial charge in [0.15, 0.2) is 0 Å². The lowest BCUT2D eigenvalue weighted by molar-refractivity contribution is 0.0951. The van der Waals surface area contributed by atoms with Crippen LogP contribution < -0.4 is 22.1 Å². The second-order valence-corrected chi connectivity index (χ2v) is 7.55. The van der Waals surface area contributed by atoms with Gasteiger partial charge in [-0.3, -0.25) is 23.5 Å². The summed E-state index contributed by atoms with van der Waals surface area (Å²) in [4.78, 5) is 53.5. The van der Waals surface area contributed by atoms with Crippen LogP contribution in [0, 0.1) is 6.92 Å². The van der Waals surface area contributed by atoms with Crippen molar-refractivity contribution in [2.24, 2.45) is 14.1 Å². The molecule has 156 valence electrons. The number of rotatable bonds is 5. The maximum Gasteiger partial charge on any atom is 0.332 e. The quantitative estimate of drug-likeness (QED) is 0.622. The van der Waals surface area contributed by atoms with Crippen LogP contribution in [0.5, 0.6) is 0 Å². The van der Waals surface area contributed by atoms with Gasteiger partial charge in [0.05, 0.1) is 28.9 Å². The molecule has 1 aliphatic carbocycles. The molecule has 3 aromatic rings. The average molecular weight is 410 g/mol. The van der Waals surface area contributed by atoms with Crippen molar-refractivity contribution in [1.82, 2.24) is 29.2 Å². The molecule has 1 fully saturated rings. The number of hydrogen-bond acceptors (Lipinski definition) is 6. The molecule has 0 unspecified atom stereocenters. The Morgan fingerprint density at radius 2 is 1.90 bits per heavy atom. The van der Waals surface area contributed by atoms with Crippen LogP contribution >= 0.6 is 0 Å². The van der Waals surface area contributed by atoms with E-state index in [1.54, 1.807) is 13.0 Å². The number of nitrogens with zero attached hydrogens (tertiary/aromatic N) is 5. The van der Waals surface area contributed by atoms with E-state index in [1.807, 2.05) is 0 Å². The Morgan fingerprint density at radius 3 is 2.60 bits per heavy atom. The molecule has 10 nitrogen and oxygen atoms in total. The van der Waals surface area contributed by atoms with Crippen molar-refractivity contribution in [2.45, 2.75) is 32.2 Å². The molecule has 0 atom stereocenters. The van der Waals surface area contributed by atoms with Crippen LogP contribution in [0.2, 0.25) is 0 Å². The number of carbonyl (C=O) groups excluding carboxylic acids is 1. The third-order valence-corrected chi connectivity index (χ3v) is 5.36. The van der Waals surface area contributed by atoms with Gasteiger partial charge in [0.25, 0.3) is 17.0 Å². The number of hydrogen-bond donors (Lipinski definition) is 1. The molecule has 10 heteroatoms. The molecule has 0 spiro atoms. The van der Waals surface area contributed by atoms with Gasteiger partial charge >= 0.3 is 5.69 Å². The van der Waals surface area contributed by atoms with E-state index in [-0.39, 0.29) is 35.2 Å². The molecule has 1 N–H and O–H groups in total. The minimum Gasteiger partial charge on any atom is -0.350 e. The zero-order chi connectivity index (χ0) is 21.6. The molecule has 0 saturated heterocycles. The fourth-order valence-corrected chi connectivity index (χ4v) is 3.41. The molecule has 1 aliphatic rings. The Morgan fingerprint density at radius 1 is 1.17 bits per heavy atom. The summed E-state index contributed by atoms with van der Waals surface area (Å²) < 4.78 is 3.60. The molecule has 0 bridgehead atoms. The van der Waals surface area contributed by atoms with Crippen molar-refractivity contribution in [3.63, 3.8) is 0 Å². The molecule has 30 heavy (non-hydrogen) atoms. The molecular formula is C20H22N6O4. The largest absolute Gasteiger partial charge is 0.350 e. The summed E-state index contributed by atoms with van der Waals surface area (Å²) in [7, 11) is 2.90. The van der Waals surface area contributed by atoms with Crippen molar-refractivity contribution in [3.8, 4) is 0 Å². The highest BCUT2D eigenvalue weighted by molar-refractivity contribution is 5.98. The average Bonchev–Trinajstić information content (AvgIpc) is 3.57. The summed E-state index contributed by atoms with van der Waals surface area (Å²) in [5.74, 6) is 0.0144. The lowest BCUT2D eigenvalue weighted by Gasteiger charge is -2.12. The summed E-state index contributed by atoms with van der Waals surface area (Å²) in [6.07, 6.45) is 2.17. The van der Waals surface area contributed by atoms with Crippen molar-refractivity contribution < 1.29 is 4.79 Å². The Kier molecular flexibility index (Phi) is 4.84. The van der Waals surface area contributed by atoms with Gasteiger partial charge in [0.1, 0.15) is 5.65 Å². The smallest absolute Gasteiger partial charge is 0.332 e. The Labute approximate surface area is 170 Å². The van der Waals surface area contributed by atoms with E-state index in [4.69, 9.17) is 0 Å². The maximum absolute atomic E-state index is 12.7. The van der Waals surface area contributed by atoms with Crippen LogP contribution in [-0.2, 0) is 20.6 Å². The zero-order valence-corrected chi connectivity index (χ0v) is 17.0. The second kappa shape index (κ2) is 7.36. The number of nitrogens with one attached hydrogen (secondary N) is 1. The number of amides is 1. The van der Waals surface area contributed by atoms with Gasteiger partial charge in [0.2, 0.25) is 0 Å². The van der Waals surface area contributed by atoms with Gasteiger partial charge in [-0.1, -0.05) is 0 Å². The molecule has 0 radical (unpaired) electrons. The van der Waals surface area contributed by atoms with Crippen molar-refractivity contribution in [3.05, 3.63) is 66.3 Å². The van der Waals surface area contributed by atoms with Gasteiger partial charge in [-0.05, 0) is 31.9 Å². The standard InChI is InChI=1S/C20H22N6O4/c1-11-13(10-14-17(22-11)24(2)20(30)25(3)19(14)29)18(28)21-8-9-26-16(27)7-6-15(23-26)12-4-5-12/h6-7,10,12H,4-5,8-9H2,1-3H3,(H,21,28). The lowest BCUT2D eigenvalue weighted by atomic mass is 10.1. The highest BCUT2D eigenvalue weighted by Gasteiger charge is 2.25. The van der Waals surface area contributed by atoms with Crippen LogP contribution in [0.15, 0.2) is 32.6 Å². The molecule has 1 saturated carbocycles. The normalized spacial score (nSPS) is 13.6. The SMILES string of the molecule is Cc1nc2c(cc1C(=O)NCCn1nc(C3CC3)ccc1=O)c(=O)n(C)c(=O)n2C.